The summed E-state index contributed by atoms with van der Waals surface area (Å²) in [7, 11) is 0. The molecule has 0 bridgehead atoms. The number of likely N-dealkylation sites (tertiary alicyclic amines) is 1. The number of halogens is 2. The number of amides is 1. The second-order valence-corrected chi connectivity index (χ2v) is 5.35. The van der Waals surface area contributed by atoms with E-state index in [-0.39, 0.29) is 11.9 Å². The van der Waals surface area contributed by atoms with Crippen LogP contribution < -0.4 is 0 Å². The van der Waals surface area contributed by atoms with Gasteiger partial charge in [-0.25, -0.2) is 0 Å². The molecule has 0 saturated carbocycles. The van der Waals surface area contributed by atoms with Crippen LogP contribution in [0.15, 0.2) is 21.2 Å². The zero-order chi connectivity index (χ0) is 12.3. The highest BCUT2D eigenvalue weighted by Gasteiger charge is 2.27. The summed E-state index contributed by atoms with van der Waals surface area (Å²) in [6.07, 6.45) is 4.33. The molecule has 0 aromatic carbocycles. The van der Waals surface area contributed by atoms with Crippen LogP contribution in [-0.2, 0) is 0 Å². The van der Waals surface area contributed by atoms with Crippen molar-refractivity contribution in [3.63, 3.8) is 0 Å². The van der Waals surface area contributed by atoms with E-state index < -0.39 is 0 Å². The molecule has 1 fully saturated rings. The monoisotopic (exact) mass is 319 g/mol. The predicted molar refractivity (Wildman–Crippen MR) is 70.4 cm³/mol. The van der Waals surface area contributed by atoms with Gasteiger partial charge in [-0.15, -0.1) is 11.6 Å². The fourth-order valence-corrected chi connectivity index (χ4v) is 2.80. The van der Waals surface area contributed by atoms with E-state index in [2.05, 4.69) is 15.9 Å². The van der Waals surface area contributed by atoms with Crippen molar-refractivity contribution in [1.82, 2.24) is 4.90 Å². The van der Waals surface area contributed by atoms with Gasteiger partial charge < -0.3 is 9.32 Å². The van der Waals surface area contributed by atoms with Crippen LogP contribution in [0.3, 0.4) is 0 Å². The second kappa shape index (κ2) is 5.91. The Labute approximate surface area is 114 Å². The fourth-order valence-electron chi connectivity index (χ4n) is 2.18. The van der Waals surface area contributed by atoms with Crippen molar-refractivity contribution in [2.24, 2.45) is 0 Å². The third kappa shape index (κ3) is 3.05. The Hall–Kier alpha value is -0.480. The highest BCUT2D eigenvalue weighted by molar-refractivity contribution is 9.10. The number of furan rings is 1. The van der Waals surface area contributed by atoms with Gasteiger partial charge in [0.25, 0.3) is 5.91 Å². The molecule has 5 heteroatoms. The van der Waals surface area contributed by atoms with Gasteiger partial charge >= 0.3 is 0 Å². The van der Waals surface area contributed by atoms with E-state index in [4.69, 9.17) is 16.0 Å². The van der Waals surface area contributed by atoms with Crippen LogP contribution in [0.4, 0.5) is 0 Å². The number of carbonyl (C=O) groups is 1. The third-order valence-corrected chi connectivity index (χ3v) is 3.88. The zero-order valence-corrected chi connectivity index (χ0v) is 11.8. The first-order chi connectivity index (χ1) is 8.22. The summed E-state index contributed by atoms with van der Waals surface area (Å²) >= 11 is 9.16. The number of hydrogen-bond donors (Lipinski definition) is 0. The summed E-state index contributed by atoms with van der Waals surface area (Å²) in [5, 5.41) is 0. The summed E-state index contributed by atoms with van der Waals surface area (Å²) in [5.74, 6) is 0.824. The van der Waals surface area contributed by atoms with E-state index in [9.17, 15) is 4.79 Å². The van der Waals surface area contributed by atoms with E-state index in [1.165, 1.54) is 6.42 Å². The van der Waals surface area contributed by atoms with E-state index in [1.54, 1.807) is 12.1 Å². The van der Waals surface area contributed by atoms with Gasteiger partial charge in [0.2, 0.25) is 0 Å². The topological polar surface area (TPSA) is 33.5 Å². The van der Waals surface area contributed by atoms with Crippen LogP contribution in [0.1, 0.15) is 36.2 Å². The first kappa shape index (κ1) is 13.0. The molecule has 1 aromatic heterocycles. The summed E-state index contributed by atoms with van der Waals surface area (Å²) in [4.78, 5) is 14.1. The van der Waals surface area contributed by atoms with Gasteiger partial charge in [0.1, 0.15) is 0 Å². The lowest BCUT2D eigenvalue weighted by molar-refractivity contribution is 0.0666. The van der Waals surface area contributed by atoms with Crippen molar-refractivity contribution in [3.8, 4) is 0 Å². The van der Waals surface area contributed by atoms with Crippen molar-refractivity contribution in [2.45, 2.75) is 31.7 Å². The molecule has 1 unspecified atom stereocenters. The average molecular weight is 321 g/mol. The lowest BCUT2D eigenvalue weighted by Crippen LogP contribution is -2.40. The van der Waals surface area contributed by atoms with E-state index >= 15 is 0 Å². The average Bonchev–Trinajstić information content (AvgIpc) is 2.64. The van der Waals surface area contributed by atoms with Gasteiger partial charge in [-0.05, 0) is 40.9 Å². The minimum atomic E-state index is -0.0525. The Bertz CT molecular complexity index is 394. The molecule has 0 spiro atoms. The number of rotatable bonds is 2. The fraction of sp³-hybridized carbons (Fsp3) is 0.583. The van der Waals surface area contributed by atoms with Crippen LogP contribution in [-0.4, -0.2) is 29.3 Å². The predicted octanol–water partition coefficient (Wildman–Crippen LogP) is 3.67. The quantitative estimate of drug-likeness (QED) is 0.779. The van der Waals surface area contributed by atoms with Crippen LogP contribution in [0.25, 0.3) is 0 Å². The van der Waals surface area contributed by atoms with Crippen LogP contribution in [0.5, 0.6) is 0 Å². The lowest BCUT2D eigenvalue weighted by atomic mass is 10.1. The highest BCUT2D eigenvalue weighted by Crippen LogP contribution is 2.22. The van der Waals surface area contributed by atoms with Gasteiger partial charge in [-0.1, -0.05) is 12.8 Å². The number of carbonyl (C=O) groups excluding carboxylic acids is 1. The molecule has 1 atom stereocenters. The summed E-state index contributed by atoms with van der Waals surface area (Å²) in [6, 6.07) is 3.57. The summed E-state index contributed by atoms with van der Waals surface area (Å²) < 4.78 is 5.90. The van der Waals surface area contributed by atoms with Gasteiger partial charge in [0.05, 0.1) is 0 Å². The van der Waals surface area contributed by atoms with Gasteiger partial charge in [0.15, 0.2) is 10.4 Å². The first-order valence-electron chi connectivity index (χ1n) is 5.84. The molecule has 1 aliphatic rings. The van der Waals surface area contributed by atoms with Crippen LogP contribution in [0.2, 0.25) is 0 Å². The number of hydrogen-bond acceptors (Lipinski definition) is 2. The number of nitrogens with zero attached hydrogens (tertiary/aromatic N) is 1. The van der Waals surface area contributed by atoms with Crippen molar-refractivity contribution in [2.75, 3.05) is 12.4 Å². The standard InChI is InChI=1S/C12H15BrClNO2/c13-11-6-5-10(17-11)12(16)15-7-3-1-2-4-9(15)8-14/h5-6,9H,1-4,7-8H2. The molecule has 1 amide bonds. The molecule has 2 heterocycles. The molecular formula is C12H15BrClNO2. The Balaban J connectivity index is 2.15. The van der Waals surface area contributed by atoms with Crippen molar-refractivity contribution in [3.05, 3.63) is 22.6 Å². The van der Waals surface area contributed by atoms with Crippen molar-refractivity contribution in [1.29, 1.82) is 0 Å². The SMILES string of the molecule is O=C(c1ccc(Br)o1)N1CCCCCC1CCl. The maximum Gasteiger partial charge on any atom is 0.289 e. The summed E-state index contributed by atoms with van der Waals surface area (Å²) in [5.41, 5.74) is 0. The second-order valence-electron chi connectivity index (χ2n) is 4.26. The summed E-state index contributed by atoms with van der Waals surface area (Å²) in [6.45, 7) is 0.772. The molecular weight excluding hydrogens is 305 g/mol. The third-order valence-electron chi connectivity index (χ3n) is 3.10. The minimum absolute atomic E-state index is 0.0525. The molecule has 94 valence electrons. The lowest BCUT2D eigenvalue weighted by Gasteiger charge is -2.27. The zero-order valence-electron chi connectivity index (χ0n) is 9.49. The molecule has 0 N–H and O–H groups in total. The molecule has 1 aromatic rings. The molecule has 0 aliphatic carbocycles. The Kier molecular flexibility index (Phi) is 4.51. The van der Waals surface area contributed by atoms with Gasteiger partial charge in [-0.2, -0.15) is 0 Å². The smallest absolute Gasteiger partial charge is 0.289 e. The van der Waals surface area contributed by atoms with E-state index in [1.807, 2.05) is 4.90 Å². The molecule has 2 rings (SSSR count). The minimum Gasteiger partial charge on any atom is -0.444 e. The molecule has 0 radical (unpaired) electrons. The van der Waals surface area contributed by atoms with Crippen LogP contribution in [0, 0.1) is 0 Å². The Morgan fingerprint density at radius 1 is 1.47 bits per heavy atom. The highest BCUT2D eigenvalue weighted by atomic mass is 79.9. The molecule has 3 nitrogen and oxygen atoms in total. The van der Waals surface area contributed by atoms with E-state index in [0.717, 1.165) is 25.8 Å². The molecule has 1 saturated heterocycles. The largest absolute Gasteiger partial charge is 0.444 e. The number of alkyl halides is 1. The maximum absolute atomic E-state index is 12.3. The maximum atomic E-state index is 12.3. The van der Waals surface area contributed by atoms with Crippen molar-refractivity contribution < 1.29 is 9.21 Å². The van der Waals surface area contributed by atoms with Gasteiger partial charge in [0, 0.05) is 18.5 Å². The normalized spacial score (nSPS) is 21.3. The van der Waals surface area contributed by atoms with Crippen molar-refractivity contribution >= 4 is 33.4 Å². The van der Waals surface area contributed by atoms with Gasteiger partial charge in [-0.3, -0.25) is 4.79 Å². The molecule has 1 aliphatic heterocycles. The van der Waals surface area contributed by atoms with E-state index in [0.29, 0.717) is 16.3 Å². The Morgan fingerprint density at radius 3 is 2.94 bits per heavy atom. The molecule has 17 heavy (non-hydrogen) atoms. The Morgan fingerprint density at radius 2 is 2.29 bits per heavy atom. The first-order valence-corrected chi connectivity index (χ1v) is 7.17. The van der Waals surface area contributed by atoms with Crippen LogP contribution >= 0.6 is 27.5 Å².